The highest BCUT2D eigenvalue weighted by atomic mass is 32.2. The summed E-state index contributed by atoms with van der Waals surface area (Å²) in [6.07, 6.45) is 3.72. The summed E-state index contributed by atoms with van der Waals surface area (Å²) < 4.78 is 0. The van der Waals surface area contributed by atoms with Gasteiger partial charge < -0.3 is 4.90 Å². The maximum atomic E-state index is 5.24. The molecule has 0 N–H and O–H groups in total. The second-order valence-corrected chi connectivity index (χ2v) is 4.90. The van der Waals surface area contributed by atoms with E-state index in [9.17, 15) is 0 Å². The topological polar surface area (TPSA) is 3.24 Å². The molecule has 0 atom stereocenters. The van der Waals surface area contributed by atoms with Gasteiger partial charge in [-0.3, -0.25) is 0 Å². The van der Waals surface area contributed by atoms with Crippen molar-refractivity contribution in [3.8, 4) is 0 Å². The van der Waals surface area contributed by atoms with Gasteiger partial charge in [-0.2, -0.15) is 11.8 Å². The van der Waals surface area contributed by atoms with E-state index >= 15 is 0 Å². The molecule has 0 amide bonds. The zero-order valence-corrected chi connectivity index (χ0v) is 9.35. The van der Waals surface area contributed by atoms with Crippen molar-refractivity contribution in [3.05, 3.63) is 0 Å². The normalized spacial score (nSPS) is 17.4. The van der Waals surface area contributed by atoms with Crippen LogP contribution in [0.1, 0.15) is 26.2 Å². The molecule has 12 heavy (non-hydrogen) atoms. The van der Waals surface area contributed by atoms with Crippen molar-refractivity contribution in [1.29, 1.82) is 0 Å². The van der Waals surface area contributed by atoms with Gasteiger partial charge in [0.1, 0.15) is 0 Å². The first-order valence-electron chi connectivity index (χ1n) is 4.70. The van der Waals surface area contributed by atoms with Gasteiger partial charge in [0, 0.05) is 13.1 Å². The SMILES string of the molecule is CCSCCCN1CCCC1=S. The molecule has 0 aromatic carbocycles. The Balaban J connectivity index is 2.02. The predicted octanol–water partition coefficient (Wildman–Crippen LogP) is 2.55. The zero-order chi connectivity index (χ0) is 8.81. The lowest BCUT2D eigenvalue weighted by molar-refractivity contribution is 0.459. The molecule has 0 radical (unpaired) electrons. The largest absolute Gasteiger partial charge is 0.366 e. The number of rotatable bonds is 5. The van der Waals surface area contributed by atoms with Crippen LogP contribution in [0.4, 0.5) is 0 Å². The van der Waals surface area contributed by atoms with Crippen LogP contribution in [0.3, 0.4) is 0 Å². The first-order chi connectivity index (χ1) is 5.84. The van der Waals surface area contributed by atoms with E-state index in [-0.39, 0.29) is 0 Å². The van der Waals surface area contributed by atoms with E-state index < -0.39 is 0 Å². The summed E-state index contributed by atoms with van der Waals surface area (Å²) in [6, 6.07) is 0. The van der Waals surface area contributed by atoms with Crippen LogP contribution < -0.4 is 0 Å². The molecule has 70 valence electrons. The van der Waals surface area contributed by atoms with E-state index in [1.807, 2.05) is 11.8 Å². The summed E-state index contributed by atoms with van der Waals surface area (Å²) in [5, 5.41) is 0. The average molecular weight is 203 g/mol. The lowest BCUT2D eigenvalue weighted by Crippen LogP contribution is -2.24. The number of nitrogens with zero attached hydrogens (tertiary/aromatic N) is 1. The molecule has 0 aromatic heterocycles. The molecule has 0 bridgehead atoms. The van der Waals surface area contributed by atoms with E-state index in [1.165, 1.54) is 42.4 Å². The van der Waals surface area contributed by atoms with Crippen molar-refractivity contribution < 1.29 is 0 Å². The minimum absolute atomic E-state index is 1.15. The fourth-order valence-electron chi connectivity index (χ4n) is 1.44. The van der Waals surface area contributed by atoms with Gasteiger partial charge in [-0.05, 0) is 30.8 Å². The van der Waals surface area contributed by atoms with E-state index in [2.05, 4.69) is 11.8 Å². The summed E-state index contributed by atoms with van der Waals surface area (Å²) in [7, 11) is 0. The van der Waals surface area contributed by atoms with Crippen molar-refractivity contribution in [2.75, 3.05) is 24.6 Å². The fraction of sp³-hybridized carbons (Fsp3) is 0.889. The molecule has 3 heteroatoms. The first kappa shape index (κ1) is 10.3. The smallest absolute Gasteiger partial charge is 0.0779 e. The Kier molecular flexibility index (Phi) is 5.00. The number of likely N-dealkylation sites (tertiary alicyclic amines) is 1. The number of thioether (sulfide) groups is 1. The van der Waals surface area contributed by atoms with E-state index in [0.717, 1.165) is 6.42 Å². The molecule has 1 aliphatic rings. The van der Waals surface area contributed by atoms with Crippen molar-refractivity contribution >= 4 is 29.0 Å². The number of thiocarbonyl (C=S) groups is 1. The van der Waals surface area contributed by atoms with Gasteiger partial charge in [-0.1, -0.05) is 19.1 Å². The Morgan fingerprint density at radius 1 is 1.58 bits per heavy atom. The standard InChI is InChI=1S/C9H17NS2/c1-2-12-8-4-7-10-6-3-5-9(10)11/h2-8H2,1H3. The molecular formula is C9H17NS2. The molecule has 0 aliphatic carbocycles. The van der Waals surface area contributed by atoms with Crippen LogP contribution in [0.5, 0.6) is 0 Å². The van der Waals surface area contributed by atoms with Gasteiger partial charge in [0.15, 0.2) is 0 Å². The summed E-state index contributed by atoms with van der Waals surface area (Å²) in [5.74, 6) is 2.53. The molecule has 1 nitrogen and oxygen atoms in total. The maximum Gasteiger partial charge on any atom is 0.0779 e. The highest BCUT2D eigenvalue weighted by molar-refractivity contribution is 7.99. The van der Waals surface area contributed by atoms with Gasteiger partial charge >= 0.3 is 0 Å². The molecule has 1 heterocycles. The zero-order valence-electron chi connectivity index (χ0n) is 7.71. The van der Waals surface area contributed by atoms with Crippen LogP contribution in [0.2, 0.25) is 0 Å². The van der Waals surface area contributed by atoms with Crippen LogP contribution in [-0.2, 0) is 0 Å². The molecule has 0 aromatic rings. The Bertz CT molecular complexity index is 147. The molecular weight excluding hydrogens is 186 g/mol. The van der Waals surface area contributed by atoms with Gasteiger partial charge in [0.25, 0.3) is 0 Å². The van der Waals surface area contributed by atoms with Crippen LogP contribution in [-0.4, -0.2) is 34.5 Å². The lowest BCUT2D eigenvalue weighted by atomic mass is 10.4. The Hall–Kier alpha value is 0.240. The molecule has 0 unspecified atom stereocenters. The monoisotopic (exact) mass is 203 g/mol. The third-order valence-electron chi connectivity index (χ3n) is 2.09. The van der Waals surface area contributed by atoms with Crippen molar-refractivity contribution in [3.63, 3.8) is 0 Å². The minimum atomic E-state index is 1.15. The second-order valence-electron chi connectivity index (χ2n) is 3.03. The van der Waals surface area contributed by atoms with Crippen molar-refractivity contribution in [2.24, 2.45) is 0 Å². The average Bonchev–Trinajstić information content (AvgIpc) is 2.46. The van der Waals surface area contributed by atoms with Crippen molar-refractivity contribution in [2.45, 2.75) is 26.2 Å². The minimum Gasteiger partial charge on any atom is -0.366 e. The fourth-order valence-corrected chi connectivity index (χ4v) is 2.39. The lowest BCUT2D eigenvalue weighted by Gasteiger charge is -2.16. The third kappa shape index (κ3) is 3.31. The highest BCUT2D eigenvalue weighted by Crippen LogP contribution is 2.12. The third-order valence-corrected chi connectivity index (χ3v) is 3.54. The van der Waals surface area contributed by atoms with Gasteiger partial charge in [-0.15, -0.1) is 0 Å². The number of hydrogen-bond acceptors (Lipinski definition) is 2. The van der Waals surface area contributed by atoms with Crippen molar-refractivity contribution in [1.82, 2.24) is 4.90 Å². The van der Waals surface area contributed by atoms with E-state index in [0.29, 0.717) is 0 Å². The molecule has 1 aliphatic heterocycles. The molecule has 1 fully saturated rings. The Morgan fingerprint density at radius 3 is 3.00 bits per heavy atom. The van der Waals surface area contributed by atoms with Crippen LogP contribution >= 0.6 is 24.0 Å². The molecule has 1 rings (SSSR count). The van der Waals surface area contributed by atoms with Gasteiger partial charge in [0.2, 0.25) is 0 Å². The Labute approximate surface area is 84.9 Å². The summed E-state index contributed by atoms with van der Waals surface area (Å²) >= 11 is 7.26. The second kappa shape index (κ2) is 5.81. The first-order valence-corrected chi connectivity index (χ1v) is 6.26. The summed E-state index contributed by atoms with van der Waals surface area (Å²) in [4.78, 5) is 3.56. The quantitative estimate of drug-likeness (QED) is 0.499. The molecule has 1 saturated heterocycles. The highest BCUT2D eigenvalue weighted by Gasteiger charge is 2.14. The van der Waals surface area contributed by atoms with E-state index in [1.54, 1.807) is 0 Å². The Morgan fingerprint density at radius 2 is 2.42 bits per heavy atom. The molecule has 0 saturated carbocycles. The van der Waals surface area contributed by atoms with E-state index in [4.69, 9.17) is 12.2 Å². The van der Waals surface area contributed by atoms with Gasteiger partial charge in [-0.25, -0.2) is 0 Å². The van der Waals surface area contributed by atoms with Crippen LogP contribution in [0.25, 0.3) is 0 Å². The predicted molar refractivity (Wildman–Crippen MR) is 61.0 cm³/mol. The summed E-state index contributed by atoms with van der Waals surface area (Å²) in [5.41, 5.74) is 0. The molecule has 0 spiro atoms. The van der Waals surface area contributed by atoms with Crippen LogP contribution in [0.15, 0.2) is 0 Å². The van der Waals surface area contributed by atoms with Crippen LogP contribution in [0, 0.1) is 0 Å². The number of hydrogen-bond donors (Lipinski definition) is 0. The summed E-state index contributed by atoms with van der Waals surface area (Å²) in [6.45, 7) is 4.60. The maximum absolute atomic E-state index is 5.24. The van der Waals surface area contributed by atoms with Gasteiger partial charge in [0.05, 0.1) is 4.99 Å².